The number of ether oxygens (including phenoxy) is 2. The lowest BCUT2D eigenvalue weighted by Crippen LogP contribution is -2.49. The highest BCUT2D eigenvalue weighted by Crippen LogP contribution is 2.36. The van der Waals surface area contributed by atoms with Crippen LogP contribution in [0.1, 0.15) is 86.6 Å². The number of benzene rings is 1. The first-order valence-corrected chi connectivity index (χ1v) is 13.0. The predicted octanol–water partition coefficient (Wildman–Crippen LogP) is 4.65. The third-order valence-corrected chi connectivity index (χ3v) is 7.08. The minimum atomic E-state index is -0.523. The summed E-state index contributed by atoms with van der Waals surface area (Å²) in [6.45, 7) is 16.7. The van der Waals surface area contributed by atoms with Crippen molar-refractivity contribution in [2.45, 2.75) is 116 Å². The van der Waals surface area contributed by atoms with Crippen LogP contribution in [0.5, 0.6) is 0 Å². The van der Waals surface area contributed by atoms with Crippen LogP contribution >= 0.6 is 0 Å². The second-order valence-corrected chi connectivity index (χ2v) is 11.8. The van der Waals surface area contributed by atoms with Gasteiger partial charge in [0.1, 0.15) is 12.1 Å². The summed E-state index contributed by atoms with van der Waals surface area (Å²) in [6.07, 6.45) is 7.94. The highest BCUT2D eigenvalue weighted by atomic mass is 16.7. The van der Waals surface area contributed by atoms with Gasteiger partial charge in [0, 0.05) is 6.54 Å². The zero-order valence-electron chi connectivity index (χ0n) is 22.9. The molecule has 1 unspecified atom stereocenters. The Morgan fingerprint density at radius 1 is 1.11 bits per heavy atom. The van der Waals surface area contributed by atoms with Crippen LogP contribution in [0.15, 0.2) is 30.3 Å². The molecule has 0 aromatic heterocycles. The molecule has 194 valence electrons. The van der Waals surface area contributed by atoms with Crippen LogP contribution in [0.2, 0.25) is 0 Å². The van der Waals surface area contributed by atoms with E-state index in [0.29, 0.717) is 6.54 Å². The van der Waals surface area contributed by atoms with Crippen molar-refractivity contribution < 1.29 is 23.6 Å². The maximum atomic E-state index is 12.9. The second kappa shape index (κ2) is 11.2. The number of carbonyl (C=O) groups is 1. The van der Waals surface area contributed by atoms with Crippen LogP contribution in [-0.4, -0.2) is 54.7 Å². The predicted molar refractivity (Wildman–Crippen MR) is 142 cm³/mol. The zero-order valence-corrected chi connectivity index (χ0v) is 22.9. The summed E-state index contributed by atoms with van der Waals surface area (Å²) < 4.78 is 24.1. The largest absolute Gasteiger partial charge is 0.494 e. The fraction of sp³-hybridized carbons (Fsp3) is 0.679. The van der Waals surface area contributed by atoms with Crippen LogP contribution in [0.4, 0.5) is 0 Å². The highest BCUT2D eigenvalue weighted by Gasteiger charge is 2.51. The molecule has 1 heterocycles. The molecule has 6 nitrogen and oxygen atoms in total. The van der Waals surface area contributed by atoms with Crippen molar-refractivity contribution in [1.82, 2.24) is 5.32 Å². The van der Waals surface area contributed by atoms with Crippen LogP contribution < -0.4 is 10.8 Å². The van der Waals surface area contributed by atoms with Crippen LogP contribution in [0, 0.1) is 0 Å². The van der Waals surface area contributed by atoms with Gasteiger partial charge in [-0.3, -0.25) is 10.1 Å². The van der Waals surface area contributed by atoms with Gasteiger partial charge in [-0.2, -0.15) is 0 Å². The lowest BCUT2D eigenvalue weighted by molar-refractivity contribution is -0.158. The Kier molecular flexibility index (Phi) is 8.90. The topological polar surface area (TPSA) is 66.0 Å². The van der Waals surface area contributed by atoms with Crippen LogP contribution in [-0.2, 0) is 23.6 Å². The Morgan fingerprint density at radius 2 is 1.69 bits per heavy atom. The van der Waals surface area contributed by atoms with Crippen molar-refractivity contribution in [3.05, 3.63) is 35.9 Å². The van der Waals surface area contributed by atoms with E-state index in [9.17, 15) is 4.79 Å². The molecule has 2 atom stereocenters. The fourth-order valence-electron chi connectivity index (χ4n) is 4.44. The molecule has 1 aliphatic carbocycles. The molecule has 1 saturated carbocycles. The van der Waals surface area contributed by atoms with Gasteiger partial charge in [0.25, 0.3) is 0 Å². The maximum Gasteiger partial charge on any atom is 0.494 e. The quantitative estimate of drug-likeness (QED) is 0.406. The molecule has 7 heteroatoms. The molecular formula is C28H44BNO5. The third kappa shape index (κ3) is 7.66. The summed E-state index contributed by atoms with van der Waals surface area (Å²) in [7, 11) is -0.365. The van der Waals surface area contributed by atoms with E-state index in [1.54, 1.807) is 0 Å². The first-order chi connectivity index (χ1) is 16.3. The molecule has 3 rings (SSSR count). The lowest BCUT2D eigenvalue weighted by Gasteiger charge is -2.32. The molecule has 1 saturated heterocycles. The summed E-state index contributed by atoms with van der Waals surface area (Å²) in [5.74, 6) is -0.228. The molecule has 0 amide bonds. The minimum Gasteiger partial charge on any atom is -0.461 e. The first-order valence-electron chi connectivity index (χ1n) is 13.0. The number of carbonyl (C=O) groups excluding carboxylic acids is 1. The van der Waals surface area contributed by atoms with Gasteiger partial charge in [-0.25, -0.2) is 0 Å². The van der Waals surface area contributed by atoms with E-state index in [1.807, 2.05) is 64.1 Å². The summed E-state index contributed by atoms with van der Waals surface area (Å²) >= 11 is 0. The van der Waals surface area contributed by atoms with E-state index in [2.05, 4.69) is 33.0 Å². The Bertz CT molecular complexity index is 852. The summed E-state index contributed by atoms with van der Waals surface area (Å²) in [4.78, 5) is 12.9. The van der Waals surface area contributed by atoms with Gasteiger partial charge in [-0.15, -0.1) is 0 Å². The van der Waals surface area contributed by atoms with Crippen molar-refractivity contribution in [2.75, 3.05) is 6.54 Å². The van der Waals surface area contributed by atoms with E-state index in [1.165, 1.54) is 0 Å². The maximum absolute atomic E-state index is 12.9. The lowest BCUT2D eigenvalue weighted by atomic mass is 9.79. The van der Waals surface area contributed by atoms with Gasteiger partial charge in [0.05, 0.1) is 22.9 Å². The normalized spacial score (nSPS) is 22.0. The van der Waals surface area contributed by atoms with E-state index in [4.69, 9.17) is 18.8 Å². The third-order valence-electron chi connectivity index (χ3n) is 7.08. The minimum absolute atomic E-state index is 0.0340. The van der Waals surface area contributed by atoms with Crippen molar-refractivity contribution >= 4 is 24.6 Å². The SMILES string of the molecule is CC(OC(C)(C)C)[C@H](NC/C=C/c1ccc(B2OC(C)(C)C(C)(C)O2)cc1)C(=O)OC1CCCC1. The fourth-order valence-corrected chi connectivity index (χ4v) is 4.44. The molecule has 1 aliphatic heterocycles. The number of rotatable bonds is 9. The molecule has 0 spiro atoms. The Balaban J connectivity index is 1.57. The number of hydrogen-bond acceptors (Lipinski definition) is 6. The smallest absolute Gasteiger partial charge is 0.461 e. The van der Waals surface area contributed by atoms with Gasteiger partial charge >= 0.3 is 13.1 Å². The summed E-state index contributed by atoms with van der Waals surface area (Å²) in [6, 6.07) is 7.65. The van der Waals surface area contributed by atoms with Gasteiger partial charge in [0.2, 0.25) is 0 Å². The van der Waals surface area contributed by atoms with Gasteiger partial charge in [0.15, 0.2) is 0 Å². The average Bonchev–Trinajstić information content (AvgIpc) is 3.32. The van der Waals surface area contributed by atoms with E-state index in [0.717, 1.165) is 36.7 Å². The standard InChI is InChI=1S/C28H44BNO5/c1-20(33-26(2,3)4)24(25(31)32-23-13-9-10-14-23)30-19-11-12-21-15-17-22(18-16-21)29-34-27(5,6)28(7,8)35-29/h11-12,15-18,20,23-24,30H,9-10,13-14,19H2,1-8H3/b12-11+/t20?,24-/m0/s1. The molecule has 1 aromatic rings. The first kappa shape index (κ1) is 27.9. The van der Waals surface area contributed by atoms with Crippen molar-refractivity contribution in [3.63, 3.8) is 0 Å². The Morgan fingerprint density at radius 3 is 2.23 bits per heavy atom. The molecule has 0 radical (unpaired) electrons. The Labute approximate surface area is 212 Å². The second-order valence-electron chi connectivity index (χ2n) is 11.8. The number of esters is 1. The zero-order chi connectivity index (χ0) is 25.9. The molecule has 1 N–H and O–H groups in total. The molecule has 1 aromatic carbocycles. The Hall–Kier alpha value is -1.67. The molecule has 35 heavy (non-hydrogen) atoms. The highest BCUT2D eigenvalue weighted by molar-refractivity contribution is 6.62. The molecular weight excluding hydrogens is 441 g/mol. The van der Waals surface area contributed by atoms with Crippen molar-refractivity contribution in [3.8, 4) is 0 Å². The van der Waals surface area contributed by atoms with E-state index >= 15 is 0 Å². The average molecular weight is 485 g/mol. The molecule has 2 aliphatic rings. The number of nitrogens with one attached hydrogen (secondary N) is 1. The van der Waals surface area contributed by atoms with Crippen molar-refractivity contribution in [1.29, 1.82) is 0 Å². The molecule has 0 bridgehead atoms. The van der Waals surface area contributed by atoms with Crippen molar-refractivity contribution in [2.24, 2.45) is 0 Å². The van der Waals surface area contributed by atoms with Crippen LogP contribution in [0.25, 0.3) is 6.08 Å². The summed E-state index contributed by atoms with van der Waals surface area (Å²) in [5.41, 5.74) is 1.01. The van der Waals surface area contributed by atoms with Gasteiger partial charge in [-0.05, 0) is 92.1 Å². The molecule has 2 fully saturated rings. The van der Waals surface area contributed by atoms with E-state index in [-0.39, 0.29) is 42.1 Å². The van der Waals surface area contributed by atoms with Crippen LogP contribution in [0.3, 0.4) is 0 Å². The van der Waals surface area contributed by atoms with E-state index < -0.39 is 6.04 Å². The van der Waals surface area contributed by atoms with Gasteiger partial charge < -0.3 is 18.8 Å². The number of hydrogen-bond donors (Lipinski definition) is 1. The van der Waals surface area contributed by atoms with Gasteiger partial charge in [-0.1, -0.05) is 36.4 Å². The summed E-state index contributed by atoms with van der Waals surface area (Å²) in [5, 5.41) is 3.33. The monoisotopic (exact) mass is 485 g/mol.